The van der Waals surface area contributed by atoms with Gasteiger partial charge in [-0.05, 0) is 37.3 Å². The molecule has 0 bridgehead atoms. The van der Waals surface area contributed by atoms with Gasteiger partial charge < -0.3 is 9.64 Å². The molecule has 4 nitrogen and oxygen atoms in total. The standard InChI is InChI=1S/C17H23NO3/c1-4-21-17(20)15-10-7-11-18(15)16(19)14-9-6-5-8-13(14)12(2)3/h5-6,8-9,12,15H,4,7,10-11H2,1-3H3. The Morgan fingerprint density at radius 1 is 1.33 bits per heavy atom. The molecule has 4 heteroatoms. The molecule has 1 aliphatic heterocycles. The summed E-state index contributed by atoms with van der Waals surface area (Å²) in [6, 6.07) is 7.21. The van der Waals surface area contributed by atoms with Crippen LogP contribution in [-0.4, -0.2) is 36.0 Å². The first-order valence-corrected chi connectivity index (χ1v) is 7.62. The first-order valence-electron chi connectivity index (χ1n) is 7.62. The second kappa shape index (κ2) is 6.74. The Balaban J connectivity index is 2.25. The van der Waals surface area contributed by atoms with Crippen molar-refractivity contribution in [2.45, 2.75) is 45.6 Å². The van der Waals surface area contributed by atoms with E-state index in [1.165, 1.54) is 0 Å². The minimum Gasteiger partial charge on any atom is -0.464 e. The van der Waals surface area contributed by atoms with Crippen molar-refractivity contribution in [1.82, 2.24) is 4.90 Å². The Morgan fingerprint density at radius 3 is 2.71 bits per heavy atom. The Kier molecular flexibility index (Phi) is 4.99. The van der Waals surface area contributed by atoms with E-state index < -0.39 is 6.04 Å². The fraction of sp³-hybridized carbons (Fsp3) is 0.529. The number of carbonyl (C=O) groups is 2. The van der Waals surface area contributed by atoms with E-state index in [2.05, 4.69) is 13.8 Å². The van der Waals surface area contributed by atoms with E-state index in [1.807, 2.05) is 24.3 Å². The molecule has 0 radical (unpaired) electrons. The summed E-state index contributed by atoms with van der Waals surface area (Å²) in [7, 11) is 0. The molecule has 1 saturated heterocycles. The highest BCUT2D eigenvalue weighted by atomic mass is 16.5. The molecule has 0 saturated carbocycles. The zero-order valence-electron chi connectivity index (χ0n) is 13.0. The van der Waals surface area contributed by atoms with Crippen LogP contribution < -0.4 is 0 Å². The molecule has 1 fully saturated rings. The van der Waals surface area contributed by atoms with E-state index in [0.29, 0.717) is 25.1 Å². The zero-order chi connectivity index (χ0) is 15.4. The molecule has 1 heterocycles. The Bertz CT molecular complexity index is 525. The monoisotopic (exact) mass is 289 g/mol. The van der Waals surface area contributed by atoms with E-state index in [0.717, 1.165) is 12.0 Å². The molecule has 1 aliphatic rings. The molecule has 1 aromatic carbocycles. The lowest BCUT2D eigenvalue weighted by Gasteiger charge is -2.24. The van der Waals surface area contributed by atoms with E-state index >= 15 is 0 Å². The van der Waals surface area contributed by atoms with E-state index in [9.17, 15) is 9.59 Å². The van der Waals surface area contributed by atoms with Crippen LogP contribution in [-0.2, 0) is 9.53 Å². The highest BCUT2D eigenvalue weighted by molar-refractivity contribution is 5.98. The predicted octanol–water partition coefficient (Wildman–Crippen LogP) is 2.98. The molecule has 1 amide bonds. The molecule has 1 unspecified atom stereocenters. The molecule has 21 heavy (non-hydrogen) atoms. The first-order chi connectivity index (χ1) is 10.1. The summed E-state index contributed by atoms with van der Waals surface area (Å²) in [5.41, 5.74) is 1.72. The summed E-state index contributed by atoms with van der Waals surface area (Å²) in [4.78, 5) is 26.5. The number of amides is 1. The highest BCUT2D eigenvalue weighted by Crippen LogP contribution is 2.25. The largest absolute Gasteiger partial charge is 0.464 e. The topological polar surface area (TPSA) is 46.6 Å². The quantitative estimate of drug-likeness (QED) is 0.801. The normalized spacial score (nSPS) is 18.1. The van der Waals surface area contributed by atoms with Crippen LogP contribution in [0, 0.1) is 0 Å². The van der Waals surface area contributed by atoms with Crippen LogP contribution in [0.3, 0.4) is 0 Å². The van der Waals surface area contributed by atoms with Gasteiger partial charge in [-0.3, -0.25) is 4.79 Å². The van der Waals surface area contributed by atoms with Gasteiger partial charge in [-0.25, -0.2) is 4.79 Å². The van der Waals surface area contributed by atoms with Crippen molar-refractivity contribution in [2.24, 2.45) is 0 Å². The number of carbonyl (C=O) groups excluding carboxylic acids is 2. The Labute approximate surface area is 126 Å². The van der Waals surface area contributed by atoms with Crippen LogP contribution in [0.1, 0.15) is 55.5 Å². The van der Waals surface area contributed by atoms with Gasteiger partial charge in [0.25, 0.3) is 5.91 Å². The van der Waals surface area contributed by atoms with Crippen molar-refractivity contribution in [3.05, 3.63) is 35.4 Å². The van der Waals surface area contributed by atoms with Gasteiger partial charge in [0.05, 0.1) is 6.61 Å². The first kappa shape index (κ1) is 15.5. The molecule has 2 rings (SSSR count). The summed E-state index contributed by atoms with van der Waals surface area (Å²) in [6.07, 6.45) is 1.54. The molecule has 0 N–H and O–H groups in total. The van der Waals surface area contributed by atoms with Gasteiger partial charge >= 0.3 is 5.97 Å². The predicted molar refractivity (Wildman–Crippen MR) is 81.2 cm³/mol. The van der Waals surface area contributed by atoms with Gasteiger partial charge in [-0.15, -0.1) is 0 Å². The van der Waals surface area contributed by atoms with Crippen molar-refractivity contribution in [3.8, 4) is 0 Å². The summed E-state index contributed by atoms with van der Waals surface area (Å²) in [5, 5.41) is 0. The van der Waals surface area contributed by atoms with Crippen molar-refractivity contribution in [2.75, 3.05) is 13.2 Å². The summed E-state index contributed by atoms with van der Waals surface area (Å²) < 4.78 is 5.09. The van der Waals surface area contributed by atoms with Gasteiger partial charge in [0.1, 0.15) is 6.04 Å². The molecule has 0 aromatic heterocycles. The van der Waals surface area contributed by atoms with Gasteiger partial charge in [-0.2, -0.15) is 0 Å². The van der Waals surface area contributed by atoms with Crippen LogP contribution in [0.25, 0.3) is 0 Å². The SMILES string of the molecule is CCOC(=O)C1CCCN1C(=O)c1ccccc1C(C)C. The van der Waals surface area contributed by atoms with Crippen molar-refractivity contribution in [3.63, 3.8) is 0 Å². The number of ether oxygens (including phenoxy) is 1. The summed E-state index contributed by atoms with van der Waals surface area (Å²) in [6.45, 7) is 6.89. The molecule has 0 aliphatic carbocycles. The van der Waals surface area contributed by atoms with Gasteiger partial charge in [0.15, 0.2) is 0 Å². The van der Waals surface area contributed by atoms with E-state index in [1.54, 1.807) is 11.8 Å². The minimum atomic E-state index is -0.433. The number of esters is 1. The zero-order valence-corrected chi connectivity index (χ0v) is 13.0. The maximum atomic E-state index is 12.8. The maximum Gasteiger partial charge on any atom is 0.328 e. The van der Waals surface area contributed by atoms with Crippen LogP contribution in [0.2, 0.25) is 0 Å². The molecular formula is C17H23NO3. The third-order valence-corrected chi connectivity index (χ3v) is 3.89. The summed E-state index contributed by atoms with van der Waals surface area (Å²) >= 11 is 0. The second-order valence-electron chi connectivity index (χ2n) is 5.65. The van der Waals surface area contributed by atoms with E-state index in [-0.39, 0.29) is 17.8 Å². The molecule has 1 atom stereocenters. The maximum absolute atomic E-state index is 12.8. The fourth-order valence-corrected chi connectivity index (χ4v) is 2.84. The lowest BCUT2D eigenvalue weighted by molar-refractivity contribution is -0.147. The average molecular weight is 289 g/mol. The Hall–Kier alpha value is -1.84. The summed E-state index contributed by atoms with van der Waals surface area (Å²) in [5.74, 6) is -0.0750. The second-order valence-corrected chi connectivity index (χ2v) is 5.65. The number of hydrogen-bond acceptors (Lipinski definition) is 3. The molecular weight excluding hydrogens is 266 g/mol. The van der Waals surface area contributed by atoms with Crippen molar-refractivity contribution >= 4 is 11.9 Å². The highest BCUT2D eigenvalue weighted by Gasteiger charge is 2.36. The van der Waals surface area contributed by atoms with Crippen LogP contribution >= 0.6 is 0 Å². The number of hydrogen-bond donors (Lipinski definition) is 0. The number of rotatable bonds is 4. The van der Waals surface area contributed by atoms with Crippen LogP contribution in [0.4, 0.5) is 0 Å². The van der Waals surface area contributed by atoms with Gasteiger partial charge in [0.2, 0.25) is 0 Å². The molecule has 114 valence electrons. The fourth-order valence-electron chi connectivity index (χ4n) is 2.84. The lowest BCUT2D eigenvalue weighted by atomic mass is 9.96. The third kappa shape index (κ3) is 3.26. The number of likely N-dealkylation sites (tertiary alicyclic amines) is 1. The third-order valence-electron chi connectivity index (χ3n) is 3.89. The Morgan fingerprint density at radius 2 is 2.05 bits per heavy atom. The van der Waals surface area contributed by atoms with Gasteiger partial charge in [0, 0.05) is 12.1 Å². The van der Waals surface area contributed by atoms with Gasteiger partial charge in [-0.1, -0.05) is 32.0 Å². The smallest absolute Gasteiger partial charge is 0.328 e. The van der Waals surface area contributed by atoms with Crippen LogP contribution in [0.15, 0.2) is 24.3 Å². The minimum absolute atomic E-state index is 0.0603. The number of nitrogens with zero attached hydrogens (tertiary/aromatic N) is 1. The molecule has 1 aromatic rings. The lowest BCUT2D eigenvalue weighted by Crippen LogP contribution is -2.41. The molecule has 0 spiro atoms. The van der Waals surface area contributed by atoms with Crippen molar-refractivity contribution in [1.29, 1.82) is 0 Å². The average Bonchev–Trinajstić information content (AvgIpc) is 2.96. The van der Waals surface area contributed by atoms with Crippen LogP contribution in [0.5, 0.6) is 0 Å². The van der Waals surface area contributed by atoms with Crippen molar-refractivity contribution < 1.29 is 14.3 Å². The number of benzene rings is 1. The van der Waals surface area contributed by atoms with E-state index in [4.69, 9.17) is 4.74 Å².